The van der Waals surface area contributed by atoms with E-state index in [0.717, 1.165) is 49.0 Å². The molecule has 0 unspecified atom stereocenters. The Labute approximate surface area is 130 Å². The molecule has 0 spiro atoms. The number of anilines is 2. The van der Waals surface area contributed by atoms with E-state index in [1.807, 2.05) is 0 Å². The van der Waals surface area contributed by atoms with Gasteiger partial charge in [-0.15, -0.1) is 0 Å². The van der Waals surface area contributed by atoms with E-state index >= 15 is 0 Å². The summed E-state index contributed by atoms with van der Waals surface area (Å²) in [6.45, 7) is 17.2. The number of aromatic nitrogens is 2. The van der Waals surface area contributed by atoms with Crippen molar-refractivity contribution in [2.45, 2.75) is 67.2 Å². The highest BCUT2D eigenvalue weighted by Crippen LogP contribution is 2.24. The Bertz CT molecular complexity index is 447. The van der Waals surface area contributed by atoms with Crippen molar-refractivity contribution in [1.82, 2.24) is 9.97 Å². The van der Waals surface area contributed by atoms with Crippen LogP contribution in [-0.2, 0) is 0 Å². The van der Waals surface area contributed by atoms with Crippen molar-refractivity contribution >= 4 is 11.6 Å². The van der Waals surface area contributed by atoms with Gasteiger partial charge < -0.3 is 10.6 Å². The molecule has 0 saturated heterocycles. The van der Waals surface area contributed by atoms with Crippen LogP contribution in [0.4, 0.5) is 11.6 Å². The van der Waals surface area contributed by atoms with Gasteiger partial charge in [-0.1, -0.05) is 41.5 Å². The van der Waals surface area contributed by atoms with Gasteiger partial charge in [-0.25, -0.2) is 9.97 Å². The molecule has 2 N–H and O–H groups in total. The molecule has 1 rings (SSSR count). The highest BCUT2D eigenvalue weighted by Gasteiger charge is 2.14. The van der Waals surface area contributed by atoms with Gasteiger partial charge in [-0.3, -0.25) is 0 Å². The Balaban J connectivity index is 2.92. The van der Waals surface area contributed by atoms with Gasteiger partial charge in [0, 0.05) is 24.6 Å². The van der Waals surface area contributed by atoms with Gasteiger partial charge in [0.2, 0.25) is 0 Å². The molecule has 0 aromatic carbocycles. The number of hydrogen-bond acceptors (Lipinski definition) is 4. The molecule has 120 valence electrons. The first-order valence-electron chi connectivity index (χ1n) is 8.11. The maximum Gasteiger partial charge on any atom is 0.135 e. The smallest absolute Gasteiger partial charge is 0.135 e. The molecule has 1 aromatic rings. The fourth-order valence-electron chi connectivity index (χ4n) is 1.94. The minimum absolute atomic E-state index is 0.330. The van der Waals surface area contributed by atoms with E-state index in [0.29, 0.717) is 11.3 Å². The lowest BCUT2D eigenvalue weighted by molar-refractivity contribution is 0.389. The molecule has 0 aliphatic carbocycles. The van der Waals surface area contributed by atoms with Crippen LogP contribution in [0.5, 0.6) is 0 Å². The zero-order valence-electron chi connectivity index (χ0n) is 14.8. The topological polar surface area (TPSA) is 49.8 Å². The molecule has 4 heteroatoms. The monoisotopic (exact) mass is 292 g/mol. The summed E-state index contributed by atoms with van der Waals surface area (Å²) in [6.07, 6.45) is 2.21. The largest absolute Gasteiger partial charge is 0.370 e. The van der Waals surface area contributed by atoms with E-state index in [1.165, 1.54) is 0 Å². The third-order valence-electron chi connectivity index (χ3n) is 3.39. The third-order valence-corrected chi connectivity index (χ3v) is 3.39. The van der Waals surface area contributed by atoms with Crippen LogP contribution in [0.1, 0.15) is 71.7 Å². The van der Waals surface area contributed by atoms with Crippen LogP contribution in [-0.4, -0.2) is 23.1 Å². The number of nitrogens with one attached hydrogen (secondary N) is 2. The first kappa shape index (κ1) is 17.7. The SMILES string of the molecule is CCCNc1nc(C(C)C)nc(NCCC(C)(C)C)c1C. The lowest BCUT2D eigenvalue weighted by Gasteiger charge is -2.20. The Morgan fingerprint density at radius 2 is 1.52 bits per heavy atom. The fourth-order valence-corrected chi connectivity index (χ4v) is 1.94. The summed E-state index contributed by atoms with van der Waals surface area (Å²) in [5, 5.41) is 6.90. The molecule has 1 aromatic heterocycles. The standard InChI is InChI=1S/C17H32N4/c1-8-10-18-15-13(4)16(19-11-9-17(5,6)7)21-14(20-15)12(2)3/h12H,8-11H2,1-7H3,(H2,18,19,20,21). The Morgan fingerprint density at radius 1 is 1.00 bits per heavy atom. The molecule has 0 aliphatic rings. The highest BCUT2D eigenvalue weighted by atomic mass is 15.1. The van der Waals surface area contributed by atoms with Crippen LogP contribution >= 0.6 is 0 Å². The quantitative estimate of drug-likeness (QED) is 0.772. The van der Waals surface area contributed by atoms with Crippen molar-refractivity contribution in [3.63, 3.8) is 0 Å². The van der Waals surface area contributed by atoms with E-state index in [-0.39, 0.29) is 0 Å². The second kappa shape index (κ2) is 7.62. The average molecular weight is 292 g/mol. The lowest BCUT2D eigenvalue weighted by Crippen LogP contribution is -2.16. The van der Waals surface area contributed by atoms with E-state index < -0.39 is 0 Å². The van der Waals surface area contributed by atoms with Gasteiger partial charge in [0.1, 0.15) is 17.5 Å². The molecule has 0 atom stereocenters. The number of hydrogen-bond donors (Lipinski definition) is 2. The van der Waals surface area contributed by atoms with Crippen LogP contribution in [0.2, 0.25) is 0 Å². The molecule has 0 amide bonds. The summed E-state index contributed by atoms with van der Waals surface area (Å²) >= 11 is 0. The van der Waals surface area contributed by atoms with Crippen molar-refractivity contribution in [2.75, 3.05) is 23.7 Å². The molecule has 0 saturated carbocycles. The summed E-state index contributed by atoms with van der Waals surface area (Å²) in [4.78, 5) is 9.36. The second-order valence-electron chi connectivity index (χ2n) is 7.22. The summed E-state index contributed by atoms with van der Waals surface area (Å²) < 4.78 is 0. The zero-order chi connectivity index (χ0) is 16.0. The molecule has 0 bridgehead atoms. The van der Waals surface area contributed by atoms with Gasteiger partial charge in [0.05, 0.1) is 0 Å². The van der Waals surface area contributed by atoms with Crippen LogP contribution in [0.3, 0.4) is 0 Å². The fraction of sp³-hybridized carbons (Fsp3) is 0.765. The summed E-state index contributed by atoms with van der Waals surface area (Å²) in [7, 11) is 0. The van der Waals surface area contributed by atoms with Crippen molar-refractivity contribution in [1.29, 1.82) is 0 Å². The van der Waals surface area contributed by atoms with Crippen molar-refractivity contribution in [2.24, 2.45) is 5.41 Å². The van der Waals surface area contributed by atoms with E-state index in [4.69, 9.17) is 4.98 Å². The predicted octanol–water partition coefficient (Wildman–Crippen LogP) is 4.58. The van der Waals surface area contributed by atoms with Crippen molar-refractivity contribution in [3.05, 3.63) is 11.4 Å². The van der Waals surface area contributed by atoms with Crippen LogP contribution in [0, 0.1) is 12.3 Å². The van der Waals surface area contributed by atoms with Crippen molar-refractivity contribution < 1.29 is 0 Å². The average Bonchev–Trinajstić information content (AvgIpc) is 2.37. The number of nitrogens with zero attached hydrogens (tertiary/aromatic N) is 2. The van der Waals surface area contributed by atoms with Crippen molar-refractivity contribution in [3.8, 4) is 0 Å². The molecule has 21 heavy (non-hydrogen) atoms. The maximum absolute atomic E-state index is 4.70. The Kier molecular flexibility index (Phi) is 6.43. The second-order valence-corrected chi connectivity index (χ2v) is 7.22. The molecule has 4 nitrogen and oxygen atoms in total. The molecule has 0 radical (unpaired) electrons. The van der Waals surface area contributed by atoms with E-state index in [2.05, 4.69) is 64.1 Å². The van der Waals surface area contributed by atoms with E-state index in [1.54, 1.807) is 0 Å². The molecule has 1 heterocycles. The molecular formula is C17H32N4. The first-order valence-corrected chi connectivity index (χ1v) is 8.11. The summed E-state index contributed by atoms with van der Waals surface area (Å²) in [5.74, 6) is 3.17. The molecule has 0 aliphatic heterocycles. The van der Waals surface area contributed by atoms with Crippen LogP contribution in [0.25, 0.3) is 0 Å². The predicted molar refractivity (Wildman–Crippen MR) is 92.2 cm³/mol. The van der Waals surface area contributed by atoms with Gasteiger partial charge in [0.25, 0.3) is 0 Å². The number of rotatable bonds is 7. The summed E-state index contributed by atoms with van der Waals surface area (Å²) in [5.41, 5.74) is 1.44. The summed E-state index contributed by atoms with van der Waals surface area (Å²) in [6, 6.07) is 0. The third kappa shape index (κ3) is 5.90. The molecule has 0 fully saturated rings. The van der Waals surface area contributed by atoms with Crippen LogP contribution < -0.4 is 10.6 Å². The Morgan fingerprint density at radius 3 is 1.95 bits per heavy atom. The minimum atomic E-state index is 0.330. The lowest BCUT2D eigenvalue weighted by atomic mass is 9.92. The normalized spacial score (nSPS) is 11.8. The highest BCUT2D eigenvalue weighted by molar-refractivity contribution is 5.57. The van der Waals surface area contributed by atoms with Gasteiger partial charge >= 0.3 is 0 Å². The zero-order valence-corrected chi connectivity index (χ0v) is 14.8. The first-order chi connectivity index (χ1) is 9.74. The molecular weight excluding hydrogens is 260 g/mol. The maximum atomic E-state index is 4.70. The van der Waals surface area contributed by atoms with Gasteiger partial charge in [-0.2, -0.15) is 0 Å². The Hall–Kier alpha value is -1.32. The minimum Gasteiger partial charge on any atom is -0.370 e. The van der Waals surface area contributed by atoms with Gasteiger partial charge in [-0.05, 0) is 25.2 Å². The van der Waals surface area contributed by atoms with Gasteiger partial charge in [0.15, 0.2) is 0 Å². The van der Waals surface area contributed by atoms with E-state index in [9.17, 15) is 0 Å². The van der Waals surface area contributed by atoms with Crippen LogP contribution in [0.15, 0.2) is 0 Å².